The molecule has 0 aliphatic carbocycles. The van der Waals surface area contributed by atoms with Crippen molar-refractivity contribution in [2.45, 2.75) is 19.9 Å². The van der Waals surface area contributed by atoms with Crippen LogP contribution >= 0.6 is 11.3 Å². The Labute approximate surface area is 105 Å². The average molecular weight is 249 g/mol. The van der Waals surface area contributed by atoms with Crippen molar-refractivity contribution in [3.05, 3.63) is 57.5 Å². The van der Waals surface area contributed by atoms with Gasteiger partial charge in [0.1, 0.15) is 5.82 Å². The molecule has 1 N–H and O–H groups in total. The van der Waals surface area contributed by atoms with E-state index in [4.69, 9.17) is 0 Å². The van der Waals surface area contributed by atoms with Crippen LogP contribution in [0.2, 0.25) is 0 Å². The highest BCUT2D eigenvalue weighted by Crippen LogP contribution is 2.26. The van der Waals surface area contributed by atoms with E-state index in [9.17, 15) is 4.39 Å². The Morgan fingerprint density at radius 1 is 1.35 bits per heavy atom. The van der Waals surface area contributed by atoms with Crippen LogP contribution in [0.3, 0.4) is 0 Å². The van der Waals surface area contributed by atoms with Crippen LogP contribution in [0.4, 0.5) is 4.39 Å². The normalized spacial score (nSPS) is 12.6. The third-order valence-electron chi connectivity index (χ3n) is 2.75. The Hall–Kier alpha value is -1.19. The fourth-order valence-corrected chi connectivity index (χ4v) is 2.62. The molecular weight excluding hydrogens is 233 g/mol. The molecule has 1 aromatic carbocycles. The van der Waals surface area contributed by atoms with Crippen LogP contribution in [-0.4, -0.2) is 6.54 Å². The van der Waals surface area contributed by atoms with Crippen molar-refractivity contribution in [1.29, 1.82) is 0 Å². The first-order valence-corrected chi connectivity index (χ1v) is 6.68. The SMILES string of the molecule is CCNC(c1ccsc1)c1cc(C)ccc1F. The molecule has 1 aromatic heterocycles. The van der Waals surface area contributed by atoms with Crippen LogP contribution in [0.25, 0.3) is 0 Å². The molecule has 2 rings (SSSR count). The van der Waals surface area contributed by atoms with Gasteiger partial charge in [-0.15, -0.1) is 0 Å². The molecule has 90 valence electrons. The van der Waals surface area contributed by atoms with Gasteiger partial charge < -0.3 is 5.32 Å². The van der Waals surface area contributed by atoms with Gasteiger partial charge in [0.15, 0.2) is 0 Å². The fraction of sp³-hybridized carbons (Fsp3) is 0.286. The zero-order chi connectivity index (χ0) is 12.3. The molecule has 0 aliphatic heterocycles. The molecule has 0 fully saturated rings. The topological polar surface area (TPSA) is 12.0 Å². The van der Waals surface area contributed by atoms with Crippen LogP contribution in [0.5, 0.6) is 0 Å². The molecule has 17 heavy (non-hydrogen) atoms. The predicted octanol–water partition coefficient (Wildman–Crippen LogP) is 3.89. The summed E-state index contributed by atoms with van der Waals surface area (Å²) in [4.78, 5) is 0. The smallest absolute Gasteiger partial charge is 0.128 e. The Morgan fingerprint density at radius 3 is 2.82 bits per heavy atom. The molecule has 3 heteroatoms. The van der Waals surface area contributed by atoms with Gasteiger partial charge in [0, 0.05) is 5.56 Å². The van der Waals surface area contributed by atoms with Crippen LogP contribution in [0, 0.1) is 12.7 Å². The first-order valence-electron chi connectivity index (χ1n) is 5.74. The van der Waals surface area contributed by atoms with Gasteiger partial charge >= 0.3 is 0 Å². The van der Waals surface area contributed by atoms with Crippen molar-refractivity contribution in [2.24, 2.45) is 0 Å². The number of halogens is 1. The van der Waals surface area contributed by atoms with Crippen molar-refractivity contribution in [3.63, 3.8) is 0 Å². The fourth-order valence-electron chi connectivity index (χ4n) is 1.94. The van der Waals surface area contributed by atoms with Crippen LogP contribution < -0.4 is 5.32 Å². The van der Waals surface area contributed by atoms with Gasteiger partial charge in [-0.05, 0) is 41.9 Å². The first-order chi connectivity index (χ1) is 8.22. The molecule has 2 aromatic rings. The number of hydrogen-bond acceptors (Lipinski definition) is 2. The molecule has 1 nitrogen and oxygen atoms in total. The zero-order valence-corrected chi connectivity index (χ0v) is 10.9. The zero-order valence-electron chi connectivity index (χ0n) is 10.0. The third kappa shape index (κ3) is 2.73. The van der Waals surface area contributed by atoms with Gasteiger partial charge in [-0.3, -0.25) is 0 Å². The van der Waals surface area contributed by atoms with E-state index in [0.717, 1.165) is 23.2 Å². The summed E-state index contributed by atoms with van der Waals surface area (Å²) in [6, 6.07) is 7.25. The molecule has 0 spiro atoms. The van der Waals surface area contributed by atoms with Gasteiger partial charge in [0.2, 0.25) is 0 Å². The molecule has 0 radical (unpaired) electrons. The largest absolute Gasteiger partial charge is 0.306 e. The van der Waals surface area contributed by atoms with E-state index in [0.29, 0.717) is 0 Å². The molecule has 1 atom stereocenters. The number of rotatable bonds is 4. The summed E-state index contributed by atoms with van der Waals surface area (Å²) in [5.74, 6) is -0.146. The monoisotopic (exact) mass is 249 g/mol. The van der Waals surface area contributed by atoms with Gasteiger partial charge in [0.05, 0.1) is 6.04 Å². The predicted molar refractivity (Wildman–Crippen MR) is 71.0 cm³/mol. The average Bonchev–Trinajstić information content (AvgIpc) is 2.83. The highest BCUT2D eigenvalue weighted by atomic mass is 32.1. The lowest BCUT2D eigenvalue weighted by atomic mass is 9.99. The van der Waals surface area contributed by atoms with Crippen LogP contribution in [0.1, 0.15) is 29.7 Å². The van der Waals surface area contributed by atoms with Gasteiger partial charge in [0.25, 0.3) is 0 Å². The molecule has 0 aliphatic rings. The maximum absolute atomic E-state index is 13.9. The summed E-state index contributed by atoms with van der Waals surface area (Å²) in [6.45, 7) is 4.83. The molecular formula is C14H16FNS. The van der Waals surface area contributed by atoms with Gasteiger partial charge in [-0.2, -0.15) is 11.3 Å². The number of aryl methyl sites for hydroxylation is 1. The quantitative estimate of drug-likeness (QED) is 0.866. The van der Waals surface area contributed by atoms with E-state index in [1.165, 1.54) is 0 Å². The van der Waals surface area contributed by atoms with E-state index < -0.39 is 0 Å². The summed E-state index contributed by atoms with van der Waals surface area (Å²) in [5.41, 5.74) is 2.94. The van der Waals surface area contributed by atoms with E-state index in [-0.39, 0.29) is 11.9 Å². The molecule has 0 bridgehead atoms. The molecule has 0 saturated heterocycles. The molecule has 0 saturated carbocycles. The minimum absolute atomic E-state index is 0.0499. The van der Waals surface area contributed by atoms with Crippen LogP contribution in [-0.2, 0) is 0 Å². The second kappa shape index (κ2) is 5.43. The maximum atomic E-state index is 13.9. The number of hydrogen-bond donors (Lipinski definition) is 1. The second-order valence-electron chi connectivity index (χ2n) is 4.07. The van der Waals surface area contributed by atoms with Crippen molar-refractivity contribution in [3.8, 4) is 0 Å². The molecule has 0 amide bonds. The number of thiophene rings is 1. The summed E-state index contributed by atoms with van der Waals surface area (Å²) >= 11 is 1.64. The second-order valence-corrected chi connectivity index (χ2v) is 4.85. The maximum Gasteiger partial charge on any atom is 0.128 e. The van der Waals surface area contributed by atoms with E-state index >= 15 is 0 Å². The van der Waals surface area contributed by atoms with Crippen molar-refractivity contribution in [1.82, 2.24) is 5.32 Å². The minimum Gasteiger partial charge on any atom is -0.306 e. The summed E-state index contributed by atoms with van der Waals surface area (Å²) < 4.78 is 13.9. The Kier molecular flexibility index (Phi) is 3.92. The van der Waals surface area contributed by atoms with E-state index in [1.807, 2.05) is 31.4 Å². The number of benzene rings is 1. The Morgan fingerprint density at radius 2 is 2.18 bits per heavy atom. The summed E-state index contributed by atoms with van der Waals surface area (Å²) in [5, 5.41) is 7.42. The molecule has 1 heterocycles. The van der Waals surface area contributed by atoms with Crippen LogP contribution in [0.15, 0.2) is 35.0 Å². The Balaban J connectivity index is 2.42. The lowest BCUT2D eigenvalue weighted by molar-refractivity contribution is 0.559. The minimum atomic E-state index is -0.146. The van der Waals surface area contributed by atoms with E-state index in [2.05, 4.69) is 10.7 Å². The third-order valence-corrected chi connectivity index (χ3v) is 3.45. The van der Waals surface area contributed by atoms with Gasteiger partial charge in [-0.25, -0.2) is 4.39 Å². The summed E-state index contributed by atoms with van der Waals surface area (Å²) in [6.07, 6.45) is 0. The lowest BCUT2D eigenvalue weighted by Gasteiger charge is -2.18. The molecule has 1 unspecified atom stereocenters. The standard InChI is InChI=1S/C14H16FNS/c1-3-16-14(11-6-7-17-9-11)12-8-10(2)4-5-13(12)15/h4-9,14,16H,3H2,1-2H3. The van der Waals surface area contributed by atoms with Crippen molar-refractivity contribution < 1.29 is 4.39 Å². The highest BCUT2D eigenvalue weighted by Gasteiger charge is 2.17. The lowest BCUT2D eigenvalue weighted by Crippen LogP contribution is -2.22. The van der Waals surface area contributed by atoms with E-state index in [1.54, 1.807) is 23.5 Å². The first kappa shape index (κ1) is 12.3. The van der Waals surface area contributed by atoms with Crippen molar-refractivity contribution in [2.75, 3.05) is 6.54 Å². The van der Waals surface area contributed by atoms with Crippen molar-refractivity contribution >= 4 is 11.3 Å². The Bertz CT molecular complexity index is 479. The highest BCUT2D eigenvalue weighted by molar-refractivity contribution is 7.08. The van der Waals surface area contributed by atoms with Gasteiger partial charge in [-0.1, -0.05) is 24.6 Å². The number of nitrogens with one attached hydrogen (secondary N) is 1. The summed E-state index contributed by atoms with van der Waals surface area (Å²) in [7, 11) is 0.